The average Bonchev–Trinajstić information content (AvgIpc) is 3.51. The van der Waals surface area contributed by atoms with Crippen molar-refractivity contribution in [3.63, 3.8) is 0 Å². The Balaban J connectivity index is 0.000000681. The van der Waals surface area contributed by atoms with Gasteiger partial charge >= 0.3 is 5.97 Å². The maximum atomic E-state index is 14.2. The fourth-order valence-electron chi connectivity index (χ4n) is 5.88. The molecule has 2 saturated heterocycles. The van der Waals surface area contributed by atoms with Crippen LogP contribution in [0.4, 0.5) is 8.78 Å². The van der Waals surface area contributed by atoms with E-state index >= 15 is 0 Å². The normalized spacial score (nSPS) is 22.9. The van der Waals surface area contributed by atoms with Gasteiger partial charge in [-0.1, -0.05) is 66.9 Å². The number of amides is 2. The number of aromatic nitrogens is 1. The van der Waals surface area contributed by atoms with Gasteiger partial charge in [0.2, 0.25) is 11.2 Å². The summed E-state index contributed by atoms with van der Waals surface area (Å²) in [6, 6.07) is 2.86. The minimum atomic E-state index is -0.931. The van der Waals surface area contributed by atoms with Crippen LogP contribution in [0.2, 0.25) is 0 Å². The molecule has 2 bridgehead atoms. The summed E-state index contributed by atoms with van der Waals surface area (Å²) in [7, 11) is 1.79. The molecular formula is C40H60F2N4O6. The van der Waals surface area contributed by atoms with Crippen LogP contribution in [-0.2, 0) is 21.6 Å². The number of pyridine rings is 1. The highest BCUT2D eigenvalue weighted by atomic mass is 19.1. The molecule has 2 amide bonds. The summed E-state index contributed by atoms with van der Waals surface area (Å²) in [5, 5.41) is 2.50. The van der Waals surface area contributed by atoms with Gasteiger partial charge in [-0.2, -0.15) is 0 Å². The Labute approximate surface area is 308 Å². The zero-order chi connectivity index (χ0) is 39.3. The molecular weight excluding hydrogens is 670 g/mol. The van der Waals surface area contributed by atoms with Gasteiger partial charge in [0.05, 0.1) is 5.54 Å². The lowest BCUT2D eigenvalue weighted by molar-refractivity contribution is -0.146. The third-order valence-corrected chi connectivity index (χ3v) is 9.75. The van der Waals surface area contributed by atoms with Gasteiger partial charge in [-0.05, 0) is 64.9 Å². The molecule has 5 unspecified atom stereocenters. The third kappa shape index (κ3) is 10.8. The first-order valence-electron chi connectivity index (χ1n) is 18.6. The van der Waals surface area contributed by atoms with Crippen molar-refractivity contribution in [3.8, 4) is 5.75 Å². The highest BCUT2D eigenvalue weighted by Gasteiger charge is 2.49. The molecule has 0 spiro atoms. The van der Waals surface area contributed by atoms with E-state index in [1.54, 1.807) is 16.5 Å². The number of unbranched alkanes of at least 4 members (excludes halogenated alkanes) is 1. The Morgan fingerprint density at radius 1 is 1.04 bits per heavy atom. The van der Waals surface area contributed by atoms with Crippen molar-refractivity contribution in [2.75, 3.05) is 20.2 Å². The van der Waals surface area contributed by atoms with E-state index in [1.807, 2.05) is 41.5 Å². The van der Waals surface area contributed by atoms with E-state index in [2.05, 4.69) is 38.0 Å². The molecule has 0 radical (unpaired) electrons. The molecule has 5 atom stereocenters. The summed E-state index contributed by atoms with van der Waals surface area (Å²) < 4.78 is 40.3. The second-order valence-electron chi connectivity index (χ2n) is 14.3. The van der Waals surface area contributed by atoms with Crippen LogP contribution >= 0.6 is 0 Å². The number of halogens is 2. The second kappa shape index (κ2) is 20.3. The van der Waals surface area contributed by atoms with Gasteiger partial charge in [-0.25, -0.2) is 13.6 Å². The lowest BCUT2D eigenvalue weighted by Crippen LogP contribution is -2.56. The second-order valence-corrected chi connectivity index (χ2v) is 14.3. The molecule has 1 aromatic heterocycles. The Hall–Kier alpha value is -3.93. The first-order chi connectivity index (χ1) is 24.5. The van der Waals surface area contributed by atoms with Gasteiger partial charge in [0.1, 0.15) is 17.2 Å². The summed E-state index contributed by atoms with van der Waals surface area (Å²) in [6.07, 6.45) is 6.50. The number of hydrogen-bond acceptors (Lipinski definition) is 7. The predicted molar refractivity (Wildman–Crippen MR) is 201 cm³/mol. The standard InChI is InChI=1S/C29H33F2N3O6.C4H9N.C4H10.C3H8/c1-15-9-10-39-24(15)28(38)40-25-22-27(37)33-14-29(4,16(2)5-6-17(33)3)34(22)13-20(23(25)35)26(36)32-12-18-7-8-19(30)11-21(18)31;1-4(2)5-3;1-3-4-2;1-3-2/h7-8,11,13,15-17,24H,5-6,9-10,12,14H2,1-4H3,(H,32,36);1-3H3;3-4H2,1-2H3;3H2,1-2H3. The SMILES string of the molecule is CC1CCOC1C(=O)Oc1c2n(cc(C(=O)NCc3ccc(F)cc3F)c1=O)C1(C)CN(C2=O)C(C)CCC1C.CCC.CCCC.CN=C(C)C. The van der Waals surface area contributed by atoms with E-state index in [9.17, 15) is 28.0 Å². The number of aliphatic imine (C=N–C) groups is 1. The molecule has 2 fully saturated rings. The maximum Gasteiger partial charge on any atom is 0.341 e. The molecule has 3 aliphatic heterocycles. The Morgan fingerprint density at radius 2 is 1.65 bits per heavy atom. The van der Waals surface area contributed by atoms with E-state index in [0.717, 1.165) is 24.6 Å². The minimum absolute atomic E-state index is 0.0241. The van der Waals surface area contributed by atoms with E-state index in [-0.39, 0.29) is 41.2 Å². The Morgan fingerprint density at radius 3 is 2.17 bits per heavy atom. The number of benzene rings is 1. The average molecular weight is 731 g/mol. The van der Waals surface area contributed by atoms with Gasteiger partial charge in [-0.15, -0.1) is 0 Å². The van der Waals surface area contributed by atoms with Crippen LogP contribution in [-0.4, -0.2) is 65.3 Å². The van der Waals surface area contributed by atoms with Crippen LogP contribution in [0.1, 0.15) is 134 Å². The van der Waals surface area contributed by atoms with E-state index in [1.165, 1.54) is 31.5 Å². The number of carbonyl (C=O) groups excluding carboxylic acids is 3. The van der Waals surface area contributed by atoms with Crippen molar-refractivity contribution < 1.29 is 32.6 Å². The lowest BCUT2D eigenvalue weighted by atomic mass is 9.82. The van der Waals surface area contributed by atoms with Crippen LogP contribution in [0.15, 0.2) is 34.2 Å². The summed E-state index contributed by atoms with van der Waals surface area (Å²) >= 11 is 0. The van der Waals surface area contributed by atoms with Gasteiger partial charge in [-0.3, -0.25) is 19.4 Å². The molecule has 290 valence electrons. The van der Waals surface area contributed by atoms with Crippen LogP contribution in [0.3, 0.4) is 0 Å². The molecule has 12 heteroatoms. The summed E-state index contributed by atoms with van der Waals surface area (Å²) in [6.45, 7) is 20.7. The number of nitrogens with one attached hydrogen (secondary N) is 1. The number of carbonyl (C=O) groups is 3. The number of esters is 1. The maximum absolute atomic E-state index is 14.2. The number of rotatable bonds is 6. The van der Waals surface area contributed by atoms with Gasteiger partial charge in [0.25, 0.3) is 11.8 Å². The zero-order valence-electron chi connectivity index (χ0n) is 33.0. The molecule has 10 nitrogen and oxygen atoms in total. The smallest absolute Gasteiger partial charge is 0.341 e. The van der Waals surface area contributed by atoms with Gasteiger partial charge in [0.15, 0.2) is 11.8 Å². The molecule has 52 heavy (non-hydrogen) atoms. The van der Waals surface area contributed by atoms with Gasteiger partial charge in [0, 0.05) is 56.3 Å². The van der Waals surface area contributed by atoms with Crippen molar-refractivity contribution in [3.05, 3.63) is 63.1 Å². The molecule has 5 rings (SSSR count). The van der Waals surface area contributed by atoms with Crippen molar-refractivity contribution in [2.24, 2.45) is 16.8 Å². The minimum Gasteiger partial charge on any atom is -0.418 e. The molecule has 2 aromatic rings. The quantitative estimate of drug-likeness (QED) is 0.241. The number of nitrogens with zero attached hydrogens (tertiary/aromatic N) is 3. The Bertz CT molecular complexity index is 1620. The summed E-state index contributed by atoms with van der Waals surface area (Å²) in [5.74, 6) is -4.34. The molecule has 1 N–H and O–H groups in total. The van der Waals surface area contributed by atoms with Crippen LogP contribution in [0.25, 0.3) is 0 Å². The first-order valence-corrected chi connectivity index (χ1v) is 18.6. The topological polar surface area (TPSA) is 119 Å². The molecule has 4 heterocycles. The molecule has 0 saturated carbocycles. The molecule has 1 aromatic carbocycles. The first kappa shape index (κ1) is 44.2. The van der Waals surface area contributed by atoms with Crippen molar-refractivity contribution in [1.82, 2.24) is 14.8 Å². The molecule has 0 aliphatic carbocycles. The van der Waals surface area contributed by atoms with Crippen LogP contribution in [0, 0.1) is 23.5 Å². The van der Waals surface area contributed by atoms with Crippen molar-refractivity contribution in [2.45, 2.75) is 132 Å². The predicted octanol–water partition coefficient (Wildman–Crippen LogP) is 7.70. The fraction of sp³-hybridized carbons (Fsp3) is 0.625. The lowest BCUT2D eigenvalue weighted by Gasteiger charge is -2.46. The van der Waals surface area contributed by atoms with E-state index in [0.29, 0.717) is 25.6 Å². The van der Waals surface area contributed by atoms with Gasteiger partial charge < -0.3 is 24.3 Å². The van der Waals surface area contributed by atoms with E-state index < -0.39 is 52.2 Å². The Kier molecular flexibility index (Phi) is 17.3. The highest BCUT2D eigenvalue weighted by molar-refractivity contribution is 6.00. The van der Waals surface area contributed by atoms with Crippen LogP contribution in [0.5, 0.6) is 5.75 Å². The highest BCUT2D eigenvalue weighted by Crippen LogP contribution is 2.42. The summed E-state index contributed by atoms with van der Waals surface area (Å²) in [5.41, 5.74) is -0.931. The largest absolute Gasteiger partial charge is 0.418 e. The number of hydrogen-bond donors (Lipinski definition) is 1. The molecule has 3 aliphatic rings. The number of ether oxygens (including phenoxy) is 2. The summed E-state index contributed by atoms with van der Waals surface area (Å²) in [4.78, 5) is 59.6. The van der Waals surface area contributed by atoms with Crippen LogP contribution < -0.4 is 15.5 Å². The van der Waals surface area contributed by atoms with E-state index in [4.69, 9.17) is 9.47 Å². The third-order valence-electron chi connectivity index (χ3n) is 9.75. The zero-order valence-corrected chi connectivity index (χ0v) is 33.0. The monoisotopic (exact) mass is 730 g/mol. The fourth-order valence-corrected chi connectivity index (χ4v) is 5.88. The van der Waals surface area contributed by atoms with Crippen molar-refractivity contribution >= 4 is 23.5 Å². The van der Waals surface area contributed by atoms with Crippen molar-refractivity contribution in [1.29, 1.82) is 0 Å². The number of fused-ring (bicyclic) bond motifs is 4.